The molecule has 1 unspecified atom stereocenters. The van der Waals surface area contributed by atoms with Crippen LogP contribution in [0.15, 0.2) is 0 Å². The molecule has 1 saturated heterocycles. The highest BCUT2D eigenvalue weighted by molar-refractivity contribution is 4.74. The van der Waals surface area contributed by atoms with Crippen LogP contribution in [0.2, 0.25) is 0 Å². The molecule has 1 aliphatic rings. The summed E-state index contributed by atoms with van der Waals surface area (Å²) in [4.78, 5) is 2.54. The number of hydrogen-bond acceptors (Lipinski definition) is 3. The van der Waals surface area contributed by atoms with Crippen LogP contribution in [0.25, 0.3) is 0 Å². The molecule has 126 valence electrons. The lowest BCUT2D eigenvalue weighted by atomic mass is 9.93. The molecular weight excluding hydrogens is 262 g/mol. The van der Waals surface area contributed by atoms with Crippen LogP contribution >= 0.6 is 0 Å². The van der Waals surface area contributed by atoms with E-state index in [9.17, 15) is 0 Å². The molecule has 0 amide bonds. The monoisotopic (exact) mass is 299 g/mol. The van der Waals surface area contributed by atoms with Crippen molar-refractivity contribution >= 4 is 0 Å². The molecule has 3 heteroatoms. The third-order valence-electron chi connectivity index (χ3n) is 3.82. The van der Waals surface area contributed by atoms with Crippen molar-refractivity contribution in [3.63, 3.8) is 0 Å². The SMILES string of the molecule is CC(C)(C)CCOC1CCCN(CCCOC(C)(C)C)C1. The van der Waals surface area contributed by atoms with E-state index in [-0.39, 0.29) is 5.60 Å². The zero-order valence-corrected chi connectivity index (χ0v) is 15.2. The highest BCUT2D eigenvalue weighted by Gasteiger charge is 2.21. The van der Waals surface area contributed by atoms with Gasteiger partial charge in [-0.15, -0.1) is 0 Å². The summed E-state index contributed by atoms with van der Waals surface area (Å²) in [6.07, 6.45) is 5.18. The molecule has 0 aromatic heterocycles. The number of piperidine rings is 1. The predicted octanol–water partition coefficient (Wildman–Crippen LogP) is 4.11. The van der Waals surface area contributed by atoms with Crippen LogP contribution in [0.5, 0.6) is 0 Å². The van der Waals surface area contributed by atoms with Gasteiger partial charge in [-0.1, -0.05) is 20.8 Å². The average Bonchev–Trinajstić information content (AvgIpc) is 2.32. The van der Waals surface area contributed by atoms with E-state index in [4.69, 9.17) is 9.47 Å². The van der Waals surface area contributed by atoms with Crippen LogP contribution in [0.4, 0.5) is 0 Å². The molecule has 0 N–H and O–H groups in total. The predicted molar refractivity (Wildman–Crippen MR) is 89.8 cm³/mol. The van der Waals surface area contributed by atoms with Gasteiger partial charge in [-0.25, -0.2) is 0 Å². The van der Waals surface area contributed by atoms with E-state index in [1.807, 2.05) is 0 Å². The molecule has 1 heterocycles. The normalized spacial score (nSPS) is 21.7. The Bertz CT molecular complexity index is 278. The number of hydrogen-bond donors (Lipinski definition) is 0. The second kappa shape index (κ2) is 8.50. The first kappa shape index (κ1) is 18.9. The van der Waals surface area contributed by atoms with Crippen molar-refractivity contribution in [2.45, 2.75) is 78.9 Å². The smallest absolute Gasteiger partial charge is 0.0702 e. The Hall–Kier alpha value is -0.120. The number of nitrogens with zero attached hydrogens (tertiary/aromatic N) is 1. The standard InChI is InChI=1S/C18H37NO2/c1-17(2,3)10-14-20-16-9-7-11-19(15-16)12-8-13-21-18(4,5)6/h16H,7-15H2,1-6H3. The van der Waals surface area contributed by atoms with E-state index in [0.29, 0.717) is 11.5 Å². The van der Waals surface area contributed by atoms with Crippen molar-refractivity contribution in [1.82, 2.24) is 4.90 Å². The summed E-state index contributed by atoms with van der Waals surface area (Å²) in [5.41, 5.74) is 0.360. The van der Waals surface area contributed by atoms with Gasteiger partial charge in [0.2, 0.25) is 0 Å². The second-order valence-corrected chi connectivity index (χ2v) is 8.56. The van der Waals surface area contributed by atoms with E-state index in [0.717, 1.165) is 39.1 Å². The van der Waals surface area contributed by atoms with Crippen LogP contribution in [-0.4, -0.2) is 49.5 Å². The van der Waals surface area contributed by atoms with Gasteiger partial charge in [-0.2, -0.15) is 0 Å². The number of ether oxygens (including phenoxy) is 2. The summed E-state index contributed by atoms with van der Waals surface area (Å²) in [6.45, 7) is 18.4. The largest absolute Gasteiger partial charge is 0.377 e. The first-order valence-electron chi connectivity index (χ1n) is 8.64. The summed E-state index contributed by atoms with van der Waals surface area (Å²) < 4.78 is 11.9. The van der Waals surface area contributed by atoms with Gasteiger partial charge in [0, 0.05) is 26.3 Å². The van der Waals surface area contributed by atoms with E-state index in [1.165, 1.54) is 19.4 Å². The molecule has 1 atom stereocenters. The molecular formula is C18H37NO2. The minimum atomic E-state index is -0.0134. The van der Waals surface area contributed by atoms with Crippen molar-refractivity contribution in [1.29, 1.82) is 0 Å². The Labute approximate surface area is 132 Å². The van der Waals surface area contributed by atoms with Crippen molar-refractivity contribution in [3.8, 4) is 0 Å². The fourth-order valence-electron chi connectivity index (χ4n) is 2.55. The van der Waals surface area contributed by atoms with Crippen molar-refractivity contribution in [2.24, 2.45) is 5.41 Å². The Morgan fingerprint density at radius 1 is 1.05 bits per heavy atom. The lowest BCUT2D eigenvalue weighted by Crippen LogP contribution is -2.40. The molecule has 1 rings (SSSR count). The Kier molecular flexibility index (Phi) is 7.66. The summed E-state index contributed by atoms with van der Waals surface area (Å²) in [6, 6.07) is 0. The topological polar surface area (TPSA) is 21.7 Å². The molecule has 21 heavy (non-hydrogen) atoms. The molecule has 0 spiro atoms. The maximum atomic E-state index is 6.08. The van der Waals surface area contributed by atoms with Crippen molar-refractivity contribution in [2.75, 3.05) is 32.8 Å². The number of likely N-dealkylation sites (tertiary alicyclic amines) is 1. The van der Waals surface area contributed by atoms with Crippen molar-refractivity contribution < 1.29 is 9.47 Å². The summed E-state index contributed by atoms with van der Waals surface area (Å²) in [5.74, 6) is 0. The fourth-order valence-corrected chi connectivity index (χ4v) is 2.55. The first-order chi connectivity index (χ1) is 9.66. The van der Waals surface area contributed by atoms with E-state index < -0.39 is 0 Å². The zero-order chi connectivity index (χ0) is 15.9. The molecule has 0 aromatic rings. The molecule has 1 fully saturated rings. The van der Waals surface area contributed by atoms with Crippen LogP contribution in [0, 0.1) is 5.41 Å². The molecule has 3 nitrogen and oxygen atoms in total. The van der Waals surface area contributed by atoms with Crippen LogP contribution in [0.1, 0.15) is 67.2 Å². The van der Waals surface area contributed by atoms with Gasteiger partial charge in [-0.3, -0.25) is 0 Å². The minimum Gasteiger partial charge on any atom is -0.377 e. The first-order valence-corrected chi connectivity index (χ1v) is 8.64. The van der Waals surface area contributed by atoms with Gasteiger partial charge >= 0.3 is 0 Å². The Morgan fingerprint density at radius 2 is 1.76 bits per heavy atom. The van der Waals surface area contributed by atoms with Gasteiger partial charge in [0.1, 0.15) is 0 Å². The van der Waals surface area contributed by atoms with Crippen LogP contribution in [0.3, 0.4) is 0 Å². The Balaban J connectivity index is 2.14. The maximum Gasteiger partial charge on any atom is 0.0702 e. The molecule has 0 bridgehead atoms. The average molecular weight is 299 g/mol. The molecule has 0 saturated carbocycles. The lowest BCUT2D eigenvalue weighted by Gasteiger charge is -2.33. The summed E-state index contributed by atoms with van der Waals surface area (Å²) in [5, 5.41) is 0. The lowest BCUT2D eigenvalue weighted by molar-refractivity contribution is -0.0230. The van der Waals surface area contributed by atoms with E-state index in [1.54, 1.807) is 0 Å². The second-order valence-electron chi connectivity index (χ2n) is 8.56. The van der Waals surface area contributed by atoms with Crippen molar-refractivity contribution in [3.05, 3.63) is 0 Å². The summed E-state index contributed by atoms with van der Waals surface area (Å²) >= 11 is 0. The third kappa shape index (κ3) is 10.3. The summed E-state index contributed by atoms with van der Waals surface area (Å²) in [7, 11) is 0. The highest BCUT2D eigenvalue weighted by atomic mass is 16.5. The zero-order valence-electron chi connectivity index (χ0n) is 15.2. The minimum absolute atomic E-state index is 0.0134. The van der Waals surface area contributed by atoms with Crippen LogP contribution < -0.4 is 0 Å². The van der Waals surface area contributed by atoms with E-state index >= 15 is 0 Å². The van der Waals surface area contributed by atoms with Gasteiger partial charge in [-0.05, 0) is 58.4 Å². The van der Waals surface area contributed by atoms with Gasteiger partial charge < -0.3 is 14.4 Å². The highest BCUT2D eigenvalue weighted by Crippen LogP contribution is 2.20. The molecule has 1 aliphatic heterocycles. The fraction of sp³-hybridized carbons (Fsp3) is 1.00. The number of rotatable bonds is 7. The van der Waals surface area contributed by atoms with Gasteiger partial charge in [0.05, 0.1) is 11.7 Å². The van der Waals surface area contributed by atoms with Crippen LogP contribution in [-0.2, 0) is 9.47 Å². The maximum absolute atomic E-state index is 6.08. The molecule has 0 radical (unpaired) electrons. The Morgan fingerprint density at radius 3 is 2.38 bits per heavy atom. The quantitative estimate of drug-likeness (QED) is 0.660. The van der Waals surface area contributed by atoms with Gasteiger partial charge in [0.15, 0.2) is 0 Å². The third-order valence-corrected chi connectivity index (χ3v) is 3.82. The van der Waals surface area contributed by atoms with E-state index in [2.05, 4.69) is 46.4 Å². The molecule has 0 aliphatic carbocycles. The van der Waals surface area contributed by atoms with Gasteiger partial charge in [0.25, 0.3) is 0 Å². The molecule has 0 aromatic carbocycles.